The number of aryl methyl sites for hydroxylation is 2. The maximum absolute atomic E-state index is 14.7. The third-order valence-electron chi connectivity index (χ3n) is 5.81. The lowest BCUT2D eigenvalue weighted by Crippen LogP contribution is -2.00. The summed E-state index contributed by atoms with van der Waals surface area (Å²) in [5, 5.41) is 0. The molecule has 0 saturated heterocycles. The van der Waals surface area contributed by atoms with Gasteiger partial charge in [-0.15, -0.1) is 0 Å². The molecule has 0 aliphatic heterocycles. The highest BCUT2D eigenvalue weighted by Gasteiger charge is 2.19. The predicted molar refractivity (Wildman–Crippen MR) is 129 cm³/mol. The SMILES string of the molecule is COc1ccc(-c2nc3c(N)c(-c4ccc(-n5cnc(C)c5)c(OC)n4)ccc3n2C)c(F)c1. The molecule has 172 valence electrons. The lowest BCUT2D eigenvalue weighted by atomic mass is 10.1. The molecule has 0 saturated carbocycles. The molecule has 34 heavy (non-hydrogen) atoms. The molecule has 0 radical (unpaired) electrons. The summed E-state index contributed by atoms with van der Waals surface area (Å²) in [5.41, 5.74) is 11.7. The smallest absolute Gasteiger partial charge is 0.238 e. The molecule has 3 heterocycles. The number of halogens is 1. The van der Waals surface area contributed by atoms with Crippen LogP contribution in [0.2, 0.25) is 0 Å². The molecule has 0 amide bonds. The number of imidazole rings is 2. The molecule has 0 atom stereocenters. The predicted octanol–water partition coefficient (Wildman–Crippen LogP) is 4.53. The Morgan fingerprint density at radius 2 is 1.76 bits per heavy atom. The Morgan fingerprint density at radius 1 is 0.971 bits per heavy atom. The van der Waals surface area contributed by atoms with Crippen molar-refractivity contribution in [3.63, 3.8) is 0 Å². The van der Waals surface area contributed by atoms with Gasteiger partial charge in [-0.3, -0.25) is 0 Å². The van der Waals surface area contributed by atoms with Crippen LogP contribution in [0.5, 0.6) is 11.6 Å². The van der Waals surface area contributed by atoms with Gasteiger partial charge in [-0.2, -0.15) is 0 Å². The van der Waals surface area contributed by atoms with Crippen molar-refractivity contribution in [1.29, 1.82) is 0 Å². The topological polar surface area (TPSA) is 93.0 Å². The number of hydrogen-bond donors (Lipinski definition) is 1. The van der Waals surface area contributed by atoms with E-state index in [-0.39, 0.29) is 0 Å². The van der Waals surface area contributed by atoms with Crippen molar-refractivity contribution < 1.29 is 13.9 Å². The number of aromatic nitrogens is 5. The molecule has 3 aromatic heterocycles. The van der Waals surface area contributed by atoms with Crippen LogP contribution in [0.1, 0.15) is 5.69 Å². The average molecular weight is 458 g/mol. The lowest BCUT2D eigenvalue weighted by Gasteiger charge is -2.12. The van der Waals surface area contributed by atoms with Gasteiger partial charge in [0, 0.05) is 24.9 Å². The molecular formula is C25H23FN6O2. The monoisotopic (exact) mass is 458 g/mol. The van der Waals surface area contributed by atoms with E-state index in [1.165, 1.54) is 13.2 Å². The second-order valence-electron chi connectivity index (χ2n) is 7.88. The molecule has 5 aromatic rings. The zero-order valence-electron chi connectivity index (χ0n) is 19.2. The van der Waals surface area contributed by atoms with Crippen LogP contribution < -0.4 is 15.2 Å². The highest BCUT2D eigenvalue weighted by atomic mass is 19.1. The first-order valence-corrected chi connectivity index (χ1v) is 10.6. The maximum Gasteiger partial charge on any atom is 0.238 e. The van der Waals surface area contributed by atoms with Gasteiger partial charge in [0.15, 0.2) is 0 Å². The molecular weight excluding hydrogens is 435 g/mol. The van der Waals surface area contributed by atoms with Gasteiger partial charge in [0.05, 0.1) is 48.7 Å². The van der Waals surface area contributed by atoms with Crippen LogP contribution in [-0.2, 0) is 7.05 Å². The summed E-state index contributed by atoms with van der Waals surface area (Å²) >= 11 is 0. The fourth-order valence-corrected chi connectivity index (χ4v) is 4.03. The summed E-state index contributed by atoms with van der Waals surface area (Å²) < 4.78 is 29.1. The number of hydrogen-bond acceptors (Lipinski definition) is 6. The largest absolute Gasteiger partial charge is 0.497 e. The molecule has 0 aliphatic rings. The summed E-state index contributed by atoms with van der Waals surface area (Å²) in [7, 11) is 4.90. The van der Waals surface area contributed by atoms with Crippen LogP contribution in [0.4, 0.5) is 10.1 Å². The van der Waals surface area contributed by atoms with Gasteiger partial charge in [-0.05, 0) is 43.3 Å². The second kappa shape index (κ2) is 8.18. The standard InChI is InChI=1S/C25H23FN6O2/c1-14-12-32(13-28-14)21-10-8-19(29-25(21)34-4)17-7-9-20-23(22(17)27)30-24(31(20)2)16-6-5-15(33-3)11-18(16)26/h5-13H,27H2,1-4H3. The molecule has 8 nitrogen and oxygen atoms in total. The Kier molecular flexibility index (Phi) is 5.16. The Labute approximate surface area is 195 Å². The molecule has 0 fully saturated rings. The van der Waals surface area contributed by atoms with E-state index in [4.69, 9.17) is 15.2 Å². The Morgan fingerprint density at radius 3 is 2.44 bits per heavy atom. The van der Waals surface area contributed by atoms with Crippen LogP contribution >= 0.6 is 0 Å². The Hall–Kier alpha value is -4.40. The van der Waals surface area contributed by atoms with E-state index < -0.39 is 5.82 Å². The molecule has 0 spiro atoms. The van der Waals surface area contributed by atoms with E-state index in [1.54, 1.807) is 25.6 Å². The molecule has 2 N–H and O–H groups in total. The minimum Gasteiger partial charge on any atom is -0.497 e. The van der Waals surface area contributed by atoms with Crippen molar-refractivity contribution >= 4 is 16.7 Å². The minimum absolute atomic E-state index is 0.361. The molecule has 0 aliphatic carbocycles. The van der Waals surface area contributed by atoms with Crippen molar-refractivity contribution in [3.05, 3.63) is 66.5 Å². The molecule has 5 rings (SSSR count). The van der Waals surface area contributed by atoms with Gasteiger partial charge in [0.2, 0.25) is 5.88 Å². The fourth-order valence-electron chi connectivity index (χ4n) is 4.03. The van der Waals surface area contributed by atoms with E-state index >= 15 is 0 Å². The fraction of sp³-hybridized carbons (Fsp3) is 0.160. The molecule has 0 bridgehead atoms. The van der Waals surface area contributed by atoms with Crippen molar-refractivity contribution in [3.8, 4) is 40.0 Å². The van der Waals surface area contributed by atoms with E-state index in [2.05, 4.69) is 15.0 Å². The zero-order chi connectivity index (χ0) is 24.0. The number of nitrogens with zero attached hydrogens (tertiary/aromatic N) is 5. The van der Waals surface area contributed by atoms with Crippen LogP contribution in [0.3, 0.4) is 0 Å². The first-order valence-electron chi connectivity index (χ1n) is 10.6. The van der Waals surface area contributed by atoms with Gasteiger partial charge < -0.3 is 24.3 Å². The minimum atomic E-state index is -0.423. The van der Waals surface area contributed by atoms with E-state index in [0.717, 1.165) is 16.9 Å². The summed E-state index contributed by atoms with van der Waals surface area (Å²) in [6, 6.07) is 12.3. The lowest BCUT2D eigenvalue weighted by molar-refractivity contribution is 0.396. The summed E-state index contributed by atoms with van der Waals surface area (Å²) in [4.78, 5) is 13.6. The number of ether oxygens (including phenoxy) is 2. The van der Waals surface area contributed by atoms with Crippen LogP contribution in [0.15, 0.2) is 55.0 Å². The quantitative estimate of drug-likeness (QED) is 0.389. The van der Waals surface area contributed by atoms with E-state index in [1.807, 2.05) is 53.6 Å². The summed E-state index contributed by atoms with van der Waals surface area (Å²) in [5.74, 6) is 0.927. The maximum atomic E-state index is 14.7. The second-order valence-corrected chi connectivity index (χ2v) is 7.88. The zero-order valence-corrected chi connectivity index (χ0v) is 19.2. The van der Waals surface area contributed by atoms with Crippen LogP contribution in [0.25, 0.3) is 39.4 Å². The summed E-state index contributed by atoms with van der Waals surface area (Å²) in [6.07, 6.45) is 3.61. The molecule has 2 aromatic carbocycles. The van der Waals surface area contributed by atoms with Crippen molar-refractivity contribution in [2.45, 2.75) is 6.92 Å². The number of anilines is 1. The van der Waals surface area contributed by atoms with E-state index in [9.17, 15) is 4.39 Å². The van der Waals surface area contributed by atoms with Gasteiger partial charge in [0.1, 0.15) is 28.6 Å². The number of nitrogen functional groups attached to an aromatic ring is 1. The Bertz CT molecular complexity index is 1540. The summed E-state index contributed by atoms with van der Waals surface area (Å²) in [6.45, 7) is 1.92. The molecule has 9 heteroatoms. The van der Waals surface area contributed by atoms with E-state index in [0.29, 0.717) is 45.5 Å². The van der Waals surface area contributed by atoms with Crippen molar-refractivity contribution in [2.75, 3.05) is 20.0 Å². The van der Waals surface area contributed by atoms with Gasteiger partial charge in [-0.1, -0.05) is 0 Å². The van der Waals surface area contributed by atoms with Crippen LogP contribution in [-0.4, -0.2) is 38.3 Å². The number of pyridine rings is 1. The number of rotatable bonds is 5. The number of fused-ring (bicyclic) bond motifs is 1. The Balaban J connectivity index is 1.61. The molecule has 0 unspecified atom stereocenters. The normalized spacial score (nSPS) is 11.2. The average Bonchev–Trinajstić information content (AvgIpc) is 3.42. The van der Waals surface area contributed by atoms with Gasteiger partial charge in [0.25, 0.3) is 0 Å². The number of nitrogens with two attached hydrogens (primary N) is 1. The first kappa shape index (κ1) is 21.4. The highest BCUT2D eigenvalue weighted by molar-refractivity contribution is 5.98. The van der Waals surface area contributed by atoms with Crippen LogP contribution in [0, 0.1) is 12.7 Å². The number of benzene rings is 2. The van der Waals surface area contributed by atoms with Gasteiger partial charge in [-0.25, -0.2) is 19.3 Å². The highest BCUT2D eigenvalue weighted by Crippen LogP contribution is 2.36. The number of methoxy groups -OCH3 is 2. The van der Waals surface area contributed by atoms with Crippen molar-refractivity contribution in [1.82, 2.24) is 24.1 Å². The van der Waals surface area contributed by atoms with Gasteiger partial charge >= 0.3 is 0 Å². The third-order valence-corrected chi connectivity index (χ3v) is 5.81. The third kappa shape index (κ3) is 3.42. The van der Waals surface area contributed by atoms with Crippen molar-refractivity contribution in [2.24, 2.45) is 7.05 Å². The first-order chi connectivity index (χ1) is 16.4.